The molecule has 1 aromatic carbocycles. The number of benzene rings is 1. The van der Waals surface area contributed by atoms with Crippen molar-refractivity contribution in [3.8, 4) is 12.1 Å². The predicted octanol–water partition coefficient (Wildman–Crippen LogP) is 2.88. The fourth-order valence-electron chi connectivity index (χ4n) is 1.77. The number of aromatic nitrogens is 1. The first-order chi connectivity index (χ1) is 9.62. The van der Waals surface area contributed by atoms with E-state index in [9.17, 15) is 4.39 Å². The molecule has 5 heteroatoms. The van der Waals surface area contributed by atoms with Crippen LogP contribution in [0.1, 0.15) is 22.4 Å². The van der Waals surface area contributed by atoms with Crippen molar-refractivity contribution < 1.29 is 4.39 Å². The van der Waals surface area contributed by atoms with Gasteiger partial charge in [-0.1, -0.05) is 6.07 Å². The lowest BCUT2D eigenvalue weighted by Crippen LogP contribution is -2.04. The molecule has 0 amide bonds. The van der Waals surface area contributed by atoms with Crippen LogP contribution >= 0.6 is 0 Å². The molecule has 0 bridgehead atoms. The lowest BCUT2D eigenvalue weighted by molar-refractivity contribution is 0.612. The van der Waals surface area contributed by atoms with Crippen LogP contribution in [0.2, 0.25) is 0 Å². The van der Waals surface area contributed by atoms with E-state index in [0.29, 0.717) is 22.6 Å². The predicted molar refractivity (Wildman–Crippen MR) is 72.1 cm³/mol. The summed E-state index contributed by atoms with van der Waals surface area (Å²) in [6.07, 6.45) is 0. The van der Waals surface area contributed by atoms with Gasteiger partial charge < -0.3 is 5.32 Å². The summed E-state index contributed by atoms with van der Waals surface area (Å²) >= 11 is 0. The van der Waals surface area contributed by atoms with Crippen LogP contribution in [0, 0.1) is 35.4 Å². The maximum Gasteiger partial charge on any atom is 0.129 e. The van der Waals surface area contributed by atoms with Crippen LogP contribution in [0.3, 0.4) is 0 Å². The lowest BCUT2D eigenvalue weighted by Gasteiger charge is -2.08. The third-order valence-corrected chi connectivity index (χ3v) is 2.72. The summed E-state index contributed by atoms with van der Waals surface area (Å²) in [7, 11) is 0. The normalized spacial score (nSPS) is 9.60. The molecule has 0 saturated heterocycles. The van der Waals surface area contributed by atoms with Crippen LogP contribution in [0.25, 0.3) is 0 Å². The molecule has 0 radical (unpaired) electrons. The number of pyridine rings is 1. The van der Waals surface area contributed by atoms with Crippen LogP contribution in [-0.4, -0.2) is 4.98 Å². The van der Waals surface area contributed by atoms with Crippen molar-refractivity contribution in [3.63, 3.8) is 0 Å². The van der Waals surface area contributed by atoms with Gasteiger partial charge >= 0.3 is 0 Å². The van der Waals surface area contributed by atoms with E-state index >= 15 is 0 Å². The molecule has 1 aromatic heterocycles. The SMILES string of the molecule is Cc1cc(C#N)cc(NCc2ccc(C#N)cc2F)n1. The summed E-state index contributed by atoms with van der Waals surface area (Å²) < 4.78 is 13.7. The standard InChI is InChI=1S/C15H11FN4/c1-10-4-12(8-18)6-15(20-10)19-9-13-3-2-11(7-17)5-14(13)16/h2-6H,9H2,1H3,(H,19,20). The first-order valence-corrected chi connectivity index (χ1v) is 5.93. The van der Waals surface area contributed by atoms with Gasteiger partial charge in [-0.2, -0.15) is 10.5 Å². The number of nitrogens with one attached hydrogen (secondary N) is 1. The van der Waals surface area contributed by atoms with E-state index in [1.165, 1.54) is 6.07 Å². The van der Waals surface area contributed by atoms with Crippen molar-refractivity contribution >= 4 is 5.82 Å². The van der Waals surface area contributed by atoms with E-state index in [1.54, 1.807) is 31.2 Å². The second-order valence-corrected chi connectivity index (χ2v) is 4.27. The van der Waals surface area contributed by atoms with Gasteiger partial charge in [0.05, 0.1) is 23.3 Å². The monoisotopic (exact) mass is 266 g/mol. The molecule has 0 saturated carbocycles. The Labute approximate surface area is 116 Å². The average molecular weight is 266 g/mol. The fraction of sp³-hybridized carbons (Fsp3) is 0.133. The molecule has 0 aliphatic carbocycles. The number of rotatable bonds is 3. The number of hydrogen-bond acceptors (Lipinski definition) is 4. The largest absolute Gasteiger partial charge is 0.366 e. The summed E-state index contributed by atoms with van der Waals surface area (Å²) in [4.78, 5) is 4.22. The molecule has 0 aliphatic heterocycles. The molecule has 0 spiro atoms. The van der Waals surface area contributed by atoms with E-state index in [2.05, 4.69) is 10.3 Å². The van der Waals surface area contributed by atoms with Crippen LogP contribution in [-0.2, 0) is 6.54 Å². The summed E-state index contributed by atoms with van der Waals surface area (Å²) in [5, 5.41) is 20.5. The molecule has 0 aliphatic rings. The van der Waals surface area contributed by atoms with Crippen molar-refractivity contribution in [2.24, 2.45) is 0 Å². The molecule has 0 atom stereocenters. The average Bonchev–Trinajstić information content (AvgIpc) is 2.45. The summed E-state index contributed by atoms with van der Waals surface area (Å²) in [6, 6.07) is 11.5. The molecular weight excluding hydrogens is 255 g/mol. The highest BCUT2D eigenvalue weighted by atomic mass is 19.1. The van der Waals surface area contributed by atoms with Crippen LogP contribution < -0.4 is 5.32 Å². The first-order valence-electron chi connectivity index (χ1n) is 5.93. The van der Waals surface area contributed by atoms with E-state index in [1.807, 2.05) is 12.1 Å². The van der Waals surface area contributed by atoms with Gasteiger partial charge in [0.25, 0.3) is 0 Å². The van der Waals surface area contributed by atoms with Crippen LogP contribution in [0.15, 0.2) is 30.3 Å². The Bertz CT molecular complexity index is 726. The van der Waals surface area contributed by atoms with Gasteiger partial charge in [0.1, 0.15) is 11.6 Å². The van der Waals surface area contributed by atoms with Crippen molar-refractivity contribution in [2.45, 2.75) is 13.5 Å². The summed E-state index contributed by atoms with van der Waals surface area (Å²) in [6.45, 7) is 2.02. The minimum absolute atomic E-state index is 0.235. The molecule has 0 unspecified atom stereocenters. The maximum absolute atomic E-state index is 13.7. The topological polar surface area (TPSA) is 72.5 Å². The second-order valence-electron chi connectivity index (χ2n) is 4.27. The van der Waals surface area contributed by atoms with Gasteiger partial charge in [0.15, 0.2) is 0 Å². The highest BCUT2D eigenvalue weighted by Gasteiger charge is 2.05. The third kappa shape index (κ3) is 3.09. The molecule has 4 nitrogen and oxygen atoms in total. The zero-order valence-corrected chi connectivity index (χ0v) is 10.8. The van der Waals surface area contributed by atoms with Gasteiger partial charge in [0, 0.05) is 17.8 Å². The molecule has 20 heavy (non-hydrogen) atoms. The van der Waals surface area contributed by atoms with Crippen LogP contribution in [0.5, 0.6) is 0 Å². The van der Waals surface area contributed by atoms with Gasteiger partial charge in [-0.05, 0) is 31.2 Å². The molecular formula is C15H11FN4. The number of nitriles is 2. The Morgan fingerprint density at radius 3 is 2.55 bits per heavy atom. The Morgan fingerprint density at radius 2 is 1.90 bits per heavy atom. The summed E-state index contributed by atoms with van der Waals surface area (Å²) in [5.41, 5.74) is 1.93. The maximum atomic E-state index is 13.7. The Morgan fingerprint density at radius 1 is 1.15 bits per heavy atom. The molecule has 0 fully saturated rings. The zero-order valence-electron chi connectivity index (χ0n) is 10.8. The van der Waals surface area contributed by atoms with Crippen molar-refractivity contribution in [1.82, 2.24) is 4.98 Å². The van der Waals surface area contributed by atoms with E-state index in [0.717, 1.165) is 0 Å². The quantitative estimate of drug-likeness (QED) is 0.927. The van der Waals surface area contributed by atoms with Crippen molar-refractivity contribution in [1.29, 1.82) is 10.5 Å². The Kier molecular flexibility index (Phi) is 3.93. The van der Waals surface area contributed by atoms with Crippen molar-refractivity contribution in [2.75, 3.05) is 5.32 Å². The highest BCUT2D eigenvalue weighted by Crippen LogP contribution is 2.14. The number of hydrogen-bond donors (Lipinski definition) is 1. The molecule has 2 rings (SSSR count). The minimum atomic E-state index is -0.440. The highest BCUT2D eigenvalue weighted by molar-refractivity contribution is 5.45. The number of nitrogens with zero attached hydrogens (tertiary/aromatic N) is 3. The number of aryl methyl sites for hydroxylation is 1. The lowest BCUT2D eigenvalue weighted by atomic mass is 10.1. The van der Waals surface area contributed by atoms with Gasteiger partial charge in [-0.15, -0.1) is 0 Å². The molecule has 98 valence electrons. The molecule has 1 heterocycles. The Balaban J connectivity index is 2.15. The second kappa shape index (κ2) is 5.81. The fourth-order valence-corrected chi connectivity index (χ4v) is 1.77. The van der Waals surface area contributed by atoms with Gasteiger partial charge in [0.2, 0.25) is 0 Å². The Hall–Kier alpha value is -2.92. The van der Waals surface area contributed by atoms with E-state index < -0.39 is 5.82 Å². The smallest absolute Gasteiger partial charge is 0.129 e. The number of halogens is 1. The molecule has 1 N–H and O–H groups in total. The van der Waals surface area contributed by atoms with Crippen LogP contribution in [0.4, 0.5) is 10.2 Å². The third-order valence-electron chi connectivity index (χ3n) is 2.72. The van der Waals surface area contributed by atoms with Gasteiger partial charge in [-0.25, -0.2) is 9.37 Å². The minimum Gasteiger partial charge on any atom is -0.366 e. The van der Waals surface area contributed by atoms with Gasteiger partial charge in [-0.3, -0.25) is 0 Å². The zero-order chi connectivity index (χ0) is 14.5. The summed E-state index contributed by atoms with van der Waals surface area (Å²) in [5.74, 6) is 0.0787. The first kappa shape index (κ1) is 13.5. The molecule has 2 aromatic rings. The van der Waals surface area contributed by atoms with E-state index in [4.69, 9.17) is 10.5 Å². The van der Waals surface area contributed by atoms with Crippen molar-refractivity contribution in [3.05, 3.63) is 58.5 Å². The van der Waals surface area contributed by atoms with E-state index in [-0.39, 0.29) is 12.1 Å². The number of anilines is 1.